The molecule has 0 heterocycles. The molecule has 100 valence electrons. The van der Waals surface area contributed by atoms with Crippen molar-refractivity contribution in [1.82, 2.24) is 4.90 Å². The molecular weight excluding hydrogens is 248 g/mol. The van der Waals surface area contributed by atoms with Gasteiger partial charge >= 0.3 is 0 Å². The van der Waals surface area contributed by atoms with Crippen molar-refractivity contribution < 1.29 is 9.72 Å². The summed E-state index contributed by atoms with van der Waals surface area (Å²) >= 11 is 0. The Morgan fingerprint density at radius 2 is 2.21 bits per heavy atom. The van der Waals surface area contributed by atoms with Gasteiger partial charge in [0, 0.05) is 38.8 Å². The number of anilines is 1. The van der Waals surface area contributed by atoms with Crippen LogP contribution in [0.1, 0.15) is 12.0 Å². The number of hydrogen-bond donors (Lipinski definition) is 1. The van der Waals surface area contributed by atoms with Gasteiger partial charge in [0.05, 0.1) is 4.92 Å². The second kappa shape index (κ2) is 6.35. The molecule has 0 aliphatic rings. The first kappa shape index (κ1) is 14.4. The molecule has 1 rings (SSSR count). The van der Waals surface area contributed by atoms with Gasteiger partial charge in [-0.3, -0.25) is 14.9 Å². The number of carbonyl (C=O) groups excluding carboxylic acids is 1. The van der Waals surface area contributed by atoms with Crippen LogP contribution >= 0.6 is 0 Å². The number of nitro groups is 1. The first-order chi connectivity index (χ1) is 8.95. The Morgan fingerprint density at radius 3 is 2.74 bits per heavy atom. The number of hydrogen-bond acceptors (Lipinski definition) is 5. The van der Waals surface area contributed by atoms with Crippen LogP contribution in [0, 0.1) is 21.4 Å². The zero-order valence-electron chi connectivity index (χ0n) is 10.7. The average Bonchev–Trinajstić information content (AvgIpc) is 2.38. The highest BCUT2D eigenvalue weighted by Crippen LogP contribution is 2.22. The first-order valence-corrected chi connectivity index (χ1v) is 5.58. The van der Waals surface area contributed by atoms with Crippen molar-refractivity contribution in [2.24, 2.45) is 0 Å². The van der Waals surface area contributed by atoms with Gasteiger partial charge in [-0.25, -0.2) is 0 Å². The summed E-state index contributed by atoms with van der Waals surface area (Å²) in [5.41, 5.74) is 0.281. The van der Waals surface area contributed by atoms with Crippen LogP contribution in [0.25, 0.3) is 0 Å². The van der Waals surface area contributed by atoms with Gasteiger partial charge in [0.25, 0.3) is 5.69 Å². The van der Waals surface area contributed by atoms with Gasteiger partial charge in [-0.15, -0.1) is 0 Å². The maximum Gasteiger partial charge on any atom is 0.289 e. The molecule has 0 atom stereocenters. The molecule has 1 N–H and O–H groups in total. The zero-order chi connectivity index (χ0) is 14.4. The van der Waals surface area contributed by atoms with Crippen molar-refractivity contribution in [3.8, 4) is 6.07 Å². The molecule has 0 aliphatic heterocycles. The number of rotatable bonds is 5. The maximum atomic E-state index is 11.3. The van der Waals surface area contributed by atoms with Gasteiger partial charge in [-0.2, -0.15) is 5.26 Å². The maximum absolute atomic E-state index is 11.3. The van der Waals surface area contributed by atoms with Gasteiger partial charge in [0.15, 0.2) is 0 Å². The highest BCUT2D eigenvalue weighted by molar-refractivity contribution is 5.76. The predicted molar refractivity (Wildman–Crippen MR) is 69.6 cm³/mol. The molecule has 1 aromatic carbocycles. The Hall–Kier alpha value is -2.62. The lowest BCUT2D eigenvalue weighted by Gasteiger charge is -2.11. The molecule has 1 aromatic rings. The summed E-state index contributed by atoms with van der Waals surface area (Å²) in [6, 6.07) is 6.01. The molecule has 19 heavy (non-hydrogen) atoms. The van der Waals surface area contributed by atoms with E-state index >= 15 is 0 Å². The summed E-state index contributed by atoms with van der Waals surface area (Å²) in [4.78, 5) is 23.0. The fourth-order valence-corrected chi connectivity index (χ4v) is 1.42. The van der Waals surface area contributed by atoms with E-state index in [1.165, 1.54) is 17.0 Å². The lowest BCUT2D eigenvalue weighted by molar-refractivity contribution is -0.385. The average molecular weight is 262 g/mol. The van der Waals surface area contributed by atoms with Crippen molar-refractivity contribution in [2.75, 3.05) is 26.0 Å². The minimum atomic E-state index is -0.602. The number of nitrogens with zero attached hydrogens (tertiary/aromatic N) is 3. The fourth-order valence-electron chi connectivity index (χ4n) is 1.42. The van der Waals surface area contributed by atoms with Crippen LogP contribution in [0.3, 0.4) is 0 Å². The number of nitro benzene ring substituents is 1. The third-order valence-electron chi connectivity index (χ3n) is 2.48. The molecule has 1 amide bonds. The Bertz CT molecular complexity index is 534. The molecule has 0 unspecified atom stereocenters. The van der Waals surface area contributed by atoms with Crippen LogP contribution in [0.15, 0.2) is 18.2 Å². The Balaban J connectivity index is 2.71. The topological polar surface area (TPSA) is 99.3 Å². The first-order valence-electron chi connectivity index (χ1n) is 5.58. The van der Waals surface area contributed by atoms with E-state index in [4.69, 9.17) is 5.26 Å². The summed E-state index contributed by atoms with van der Waals surface area (Å²) < 4.78 is 0. The van der Waals surface area contributed by atoms with Crippen LogP contribution in [0.2, 0.25) is 0 Å². The lowest BCUT2D eigenvalue weighted by atomic mass is 10.2. The molecule has 0 bridgehead atoms. The monoisotopic (exact) mass is 262 g/mol. The standard InChI is InChI=1S/C12H14N4O3/c1-15(2)12(17)5-6-14-10-4-3-9(8-13)11(7-10)16(18)19/h3-4,7,14H,5-6H2,1-2H3. The number of nitriles is 1. The third-order valence-corrected chi connectivity index (χ3v) is 2.48. The summed E-state index contributed by atoms with van der Waals surface area (Å²) in [5, 5.41) is 22.4. The highest BCUT2D eigenvalue weighted by Gasteiger charge is 2.14. The largest absolute Gasteiger partial charge is 0.384 e. The molecule has 7 heteroatoms. The van der Waals surface area contributed by atoms with E-state index < -0.39 is 4.92 Å². The lowest BCUT2D eigenvalue weighted by Crippen LogP contribution is -2.23. The van der Waals surface area contributed by atoms with Crippen LogP contribution in [0.5, 0.6) is 0 Å². The molecule has 0 radical (unpaired) electrons. The van der Waals surface area contributed by atoms with E-state index in [2.05, 4.69) is 5.32 Å². The van der Waals surface area contributed by atoms with Crippen molar-refractivity contribution in [3.05, 3.63) is 33.9 Å². The highest BCUT2D eigenvalue weighted by atomic mass is 16.6. The normalized spacial score (nSPS) is 9.53. The summed E-state index contributed by atoms with van der Waals surface area (Å²) in [6.45, 7) is 0.375. The van der Waals surface area contributed by atoms with E-state index in [-0.39, 0.29) is 17.2 Å². The molecule has 0 aliphatic carbocycles. The molecule has 0 saturated carbocycles. The van der Waals surface area contributed by atoms with Crippen molar-refractivity contribution in [1.29, 1.82) is 5.26 Å². The van der Waals surface area contributed by atoms with Crippen molar-refractivity contribution in [2.45, 2.75) is 6.42 Å². The minimum absolute atomic E-state index is 0.0138. The van der Waals surface area contributed by atoms with E-state index in [0.29, 0.717) is 18.7 Å². The van der Waals surface area contributed by atoms with E-state index in [0.717, 1.165) is 0 Å². The molecule has 7 nitrogen and oxygen atoms in total. The third kappa shape index (κ3) is 3.96. The smallest absolute Gasteiger partial charge is 0.289 e. The zero-order valence-corrected chi connectivity index (χ0v) is 10.7. The van der Waals surface area contributed by atoms with Crippen LogP contribution in [0.4, 0.5) is 11.4 Å². The second-order valence-corrected chi connectivity index (χ2v) is 4.07. The predicted octanol–water partition coefficient (Wildman–Crippen LogP) is 1.36. The van der Waals surface area contributed by atoms with Gasteiger partial charge in [-0.05, 0) is 12.1 Å². The quantitative estimate of drug-likeness (QED) is 0.638. The minimum Gasteiger partial charge on any atom is -0.384 e. The number of carbonyl (C=O) groups is 1. The van der Waals surface area contributed by atoms with E-state index in [1.54, 1.807) is 26.2 Å². The van der Waals surface area contributed by atoms with Crippen LogP contribution in [-0.4, -0.2) is 36.4 Å². The van der Waals surface area contributed by atoms with Gasteiger partial charge in [0.2, 0.25) is 5.91 Å². The molecule has 0 spiro atoms. The van der Waals surface area contributed by atoms with Gasteiger partial charge in [0.1, 0.15) is 11.6 Å². The number of amides is 1. The number of nitrogens with one attached hydrogen (secondary N) is 1. The molecule has 0 saturated heterocycles. The summed E-state index contributed by atoms with van der Waals surface area (Å²) in [7, 11) is 3.32. The van der Waals surface area contributed by atoms with E-state index in [9.17, 15) is 14.9 Å². The molecule has 0 aromatic heterocycles. The SMILES string of the molecule is CN(C)C(=O)CCNc1ccc(C#N)c([N+](=O)[O-])c1. The molecular formula is C12H14N4O3. The Morgan fingerprint density at radius 1 is 1.53 bits per heavy atom. The van der Waals surface area contributed by atoms with Crippen molar-refractivity contribution >= 4 is 17.3 Å². The van der Waals surface area contributed by atoms with E-state index in [1.807, 2.05) is 0 Å². The van der Waals surface area contributed by atoms with Gasteiger partial charge < -0.3 is 10.2 Å². The van der Waals surface area contributed by atoms with Crippen LogP contribution < -0.4 is 5.32 Å². The van der Waals surface area contributed by atoms with Gasteiger partial charge in [-0.1, -0.05) is 0 Å². The summed E-state index contributed by atoms with van der Waals surface area (Å²) in [6.07, 6.45) is 0.292. The molecule has 0 fully saturated rings. The fraction of sp³-hybridized carbons (Fsp3) is 0.333. The van der Waals surface area contributed by atoms with Crippen LogP contribution in [-0.2, 0) is 4.79 Å². The Labute approximate surface area is 110 Å². The summed E-state index contributed by atoms with van der Waals surface area (Å²) in [5.74, 6) is -0.0318. The Kier molecular flexibility index (Phi) is 4.83. The second-order valence-electron chi connectivity index (χ2n) is 4.07. The number of benzene rings is 1. The van der Waals surface area contributed by atoms with Crippen molar-refractivity contribution in [3.63, 3.8) is 0 Å².